The number of fused-ring (bicyclic) bond motifs is 3. The van der Waals surface area contributed by atoms with Crippen LogP contribution in [0.15, 0.2) is 40.5 Å². The van der Waals surface area contributed by atoms with Gasteiger partial charge in [-0.3, -0.25) is 4.79 Å². The first-order valence-corrected chi connectivity index (χ1v) is 11.6. The van der Waals surface area contributed by atoms with E-state index in [0.717, 1.165) is 52.1 Å². The number of aryl methyl sites for hydroxylation is 5. The average Bonchev–Trinajstić information content (AvgIpc) is 3.27. The second-order valence-corrected chi connectivity index (χ2v) is 9.54. The minimum absolute atomic E-state index is 0.0661. The lowest BCUT2D eigenvalue weighted by Crippen LogP contribution is -2.18. The molecule has 4 aromatic rings. The summed E-state index contributed by atoms with van der Waals surface area (Å²) in [6.07, 6.45) is 7.68. The maximum atomic E-state index is 13.1. The number of hydrogen-bond acceptors (Lipinski definition) is 4. The van der Waals surface area contributed by atoms with Gasteiger partial charge in [0, 0.05) is 27.5 Å². The highest BCUT2D eigenvalue weighted by atomic mass is 32.1. The second kappa shape index (κ2) is 7.61. The summed E-state index contributed by atoms with van der Waals surface area (Å²) < 4.78 is 3.61. The Balaban J connectivity index is 1.54. The van der Waals surface area contributed by atoms with Crippen molar-refractivity contribution >= 4 is 27.8 Å². The van der Waals surface area contributed by atoms with Gasteiger partial charge in [0.2, 0.25) is 0 Å². The van der Waals surface area contributed by atoms with Crippen LogP contribution in [0.1, 0.15) is 51.4 Å². The molecule has 0 saturated carbocycles. The summed E-state index contributed by atoms with van der Waals surface area (Å²) in [5, 5.41) is 5.27. The second-order valence-electron chi connectivity index (χ2n) is 8.46. The monoisotopic (exact) mass is 430 g/mol. The zero-order valence-electron chi connectivity index (χ0n) is 18.4. The van der Waals surface area contributed by atoms with Gasteiger partial charge in [0.05, 0.1) is 11.6 Å². The fourth-order valence-corrected chi connectivity index (χ4v) is 5.74. The quantitative estimate of drug-likeness (QED) is 0.417. The molecule has 0 aliphatic heterocycles. The Labute approximate surface area is 185 Å². The van der Waals surface area contributed by atoms with E-state index in [-0.39, 0.29) is 5.56 Å². The summed E-state index contributed by atoms with van der Waals surface area (Å²) in [6.45, 7) is 8.44. The minimum Gasteiger partial charge on any atom is -0.318 e. The molecule has 3 aromatic heterocycles. The summed E-state index contributed by atoms with van der Waals surface area (Å²) >= 11 is 1.66. The molecule has 158 valence electrons. The first-order chi connectivity index (χ1) is 14.9. The maximum absolute atomic E-state index is 13.1. The molecule has 31 heavy (non-hydrogen) atoms. The number of thiophene rings is 1. The predicted molar refractivity (Wildman–Crippen MR) is 128 cm³/mol. The third-order valence-electron chi connectivity index (χ3n) is 6.40. The molecule has 0 N–H and O–H groups in total. The van der Waals surface area contributed by atoms with Crippen LogP contribution in [0, 0.1) is 27.7 Å². The van der Waals surface area contributed by atoms with Crippen molar-refractivity contribution in [2.45, 2.75) is 53.4 Å². The van der Waals surface area contributed by atoms with Crippen LogP contribution < -0.4 is 5.56 Å². The third kappa shape index (κ3) is 3.35. The molecule has 5 rings (SSSR count). The van der Waals surface area contributed by atoms with E-state index >= 15 is 0 Å². The van der Waals surface area contributed by atoms with Gasteiger partial charge in [-0.15, -0.1) is 11.3 Å². The van der Waals surface area contributed by atoms with Crippen LogP contribution in [0.5, 0.6) is 0 Å². The molecule has 0 fully saturated rings. The van der Waals surface area contributed by atoms with E-state index < -0.39 is 0 Å². The van der Waals surface area contributed by atoms with Gasteiger partial charge in [-0.1, -0.05) is 6.07 Å². The fraction of sp³-hybridized carbons (Fsp3) is 0.320. The van der Waals surface area contributed by atoms with Crippen LogP contribution >= 0.6 is 11.3 Å². The highest BCUT2D eigenvalue weighted by molar-refractivity contribution is 7.18. The summed E-state index contributed by atoms with van der Waals surface area (Å²) in [5.41, 5.74) is 8.05. The number of nitrogens with zero attached hydrogens (tertiary/aromatic N) is 4. The molecule has 3 heterocycles. The van der Waals surface area contributed by atoms with Crippen molar-refractivity contribution in [3.63, 3.8) is 0 Å². The molecule has 5 nitrogen and oxygen atoms in total. The van der Waals surface area contributed by atoms with E-state index in [0.29, 0.717) is 0 Å². The van der Waals surface area contributed by atoms with Gasteiger partial charge >= 0.3 is 0 Å². The molecule has 1 aromatic carbocycles. The highest BCUT2D eigenvalue weighted by Crippen LogP contribution is 2.33. The van der Waals surface area contributed by atoms with Gasteiger partial charge in [0.25, 0.3) is 5.56 Å². The number of rotatable bonds is 3. The molecular formula is C25H26N4OS. The molecule has 0 bridgehead atoms. The van der Waals surface area contributed by atoms with Crippen LogP contribution in [0.25, 0.3) is 15.9 Å². The van der Waals surface area contributed by atoms with Crippen molar-refractivity contribution in [2.75, 3.05) is 0 Å². The van der Waals surface area contributed by atoms with Crippen molar-refractivity contribution < 1.29 is 0 Å². The molecule has 1 aliphatic rings. The Bertz CT molecular complexity index is 1400. The Morgan fingerprint density at radius 1 is 1.06 bits per heavy atom. The van der Waals surface area contributed by atoms with Gasteiger partial charge < -0.3 is 4.57 Å². The first kappa shape index (κ1) is 19.9. The van der Waals surface area contributed by atoms with E-state index in [2.05, 4.69) is 66.6 Å². The third-order valence-corrected chi connectivity index (χ3v) is 7.60. The molecule has 0 radical (unpaired) electrons. The molecular weight excluding hydrogens is 404 g/mol. The van der Waals surface area contributed by atoms with E-state index in [4.69, 9.17) is 0 Å². The van der Waals surface area contributed by atoms with Crippen molar-refractivity contribution in [1.29, 1.82) is 0 Å². The van der Waals surface area contributed by atoms with Crippen molar-refractivity contribution in [3.05, 3.63) is 79.5 Å². The van der Waals surface area contributed by atoms with E-state index in [1.165, 1.54) is 32.7 Å². The van der Waals surface area contributed by atoms with Gasteiger partial charge in [0.15, 0.2) is 0 Å². The van der Waals surface area contributed by atoms with E-state index in [1.807, 2.05) is 0 Å². The Hall–Kier alpha value is -2.99. The molecule has 0 saturated heterocycles. The lowest BCUT2D eigenvalue weighted by atomic mass is 9.97. The largest absolute Gasteiger partial charge is 0.318 e. The Kier molecular flexibility index (Phi) is 4.89. The van der Waals surface area contributed by atoms with Crippen LogP contribution in [-0.2, 0) is 12.8 Å². The van der Waals surface area contributed by atoms with Gasteiger partial charge in [-0.25, -0.2) is 4.98 Å². The van der Waals surface area contributed by atoms with Crippen LogP contribution in [0.3, 0.4) is 0 Å². The standard InChI is InChI=1S/C25H26N4OS/c1-15-9-10-20(11-16(15)2)29-17(3)12-19(18(29)4)13-27-28-14-26-24-23(25(28)30)21-7-5-6-8-22(21)31-24/h9-14H,5-8H2,1-4H3. The molecule has 0 unspecified atom stereocenters. The smallest absolute Gasteiger partial charge is 0.282 e. The normalized spacial score (nSPS) is 13.9. The molecule has 0 atom stereocenters. The van der Waals surface area contributed by atoms with Crippen molar-refractivity contribution in [1.82, 2.24) is 14.2 Å². The van der Waals surface area contributed by atoms with Gasteiger partial charge in [0.1, 0.15) is 11.2 Å². The molecule has 0 spiro atoms. The average molecular weight is 431 g/mol. The highest BCUT2D eigenvalue weighted by Gasteiger charge is 2.20. The van der Waals surface area contributed by atoms with Crippen LogP contribution in [0.2, 0.25) is 0 Å². The minimum atomic E-state index is -0.0661. The topological polar surface area (TPSA) is 52.2 Å². The van der Waals surface area contributed by atoms with Crippen LogP contribution in [-0.4, -0.2) is 20.4 Å². The molecule has 1 aliphatic carbocycles. The number of benzene rings is 1. The van der Waals surface area contributed by atoms with E-state index in [1.54, 1.807) is 23.9 Å². The summed E-state index contributed by atoms with van der Waals surface area (Å²) in [5.74, 6) is 0. The lowest BCUT2D eigenvalue weighted by Gasteiger charge is -2.11. The Morgan fingerprint density at radius 2 is 1.87 bits per heavy atom. The van der Waals surface area contributed by atoms with Crippen molar-refractivity contribution in [2.24, 2.45) is 5.10 Å². The van der Waals surface area contributed by atoms with Crippen molar-refractivity contribution in [3.8, 4) is 5.69 Å². The zero-order valence-corrected chi connectivity index (χ0v) is 19.2. The number of hydrogen-bond donors (Lipinski definition) is 0. The molecule has 0 amide bonds. The predicted octanol–water partition coefficient (Wildman–Crippen LogP) is 5.24. The SMILES string of the molecule is Cc1ccc(-n2c(C)cc(C=Nn3cnc4sc5c(c4c3=O)CCCC5)c2C)cc1C. The molecule has 6 heteroatoms. The maximum Gasteiger partial charge on any atom is 0.282 e. The Morgan fingerprint density at radius 3 is 2.68 bits per heavy atom. The zero-order chi connectivity index (χ0) is 21.7. The lowest BCUT2D eigenvalue weighted by molar-refractivity contribution is 0.699. The first-order valence-electron chi connectivity index (χ1n) is 10.8. The van der Waals surface area contributed by atoms with Gasteiger partial charge in [-0.05, 0) is 88.3 Å². The fourth-order valence-electron chi connectivity index (χ4n) is 4.52. The summed E-state index contributed by atoms with van der Waals surface area (Å²) in [6, 6.07) is 8.61. The van der Waals surface area contributed by atoms with E-state index in [9.17, 15) is 4.79 Å². The summed E-state index contributed by atoms with van der Waals surface area (Å²) in [4.78, 5) is 19.8. The number of aromatic nitrogens is 3. The summed E-state index contributed by atoms with van der Waals surface area (Å²) in [7, 11) is 0. The van der Waals surface area contributed by atoms with Gasteiger partial charge in [-0.2, -0.15) is 9.78 Å². The van der Waals surface area contributed by atoms with Crippen LogP contribution in [0.4, 0.5) is 0 Å².